The molecule has 0 bridgehead atoms. The fourth-order valence-corrected chi connectivity index (χ4v) is 5.87. The standard InChI is InChI=1S/C25H26FNO6S/c1-3-32-25(29)23-16(2)33-22-14-11-19(15-21(22)23)27(24(28)17-7-5-4-6-8-17)34(30,31)20-12-9-18(26)10-13-20/h9-15,17H,3-8H2,1-2H3. The molecular weight excluding hydrogens is 461 g/mol. The van der Waals surface area contributed by atoms with Crippen molar-refractivity contribution in [1.29, 1.82) is 0 Å². The summed E-state index contributed by atoms with van der Waals surface area (Å²) in [5, 5.41) is 0.351. The van der Waals surface area contributed by atoms with Crippen LogP contribution in [0.25, 0.3) is 11.0 Å². The molecule has 0 atom stereocenters. The lowest BCUT2D eigenvalue weighted by Crippen LogP contribution is -2.41. The van der Waals surface area contributed by atoms with Crippen molar-refractivity contribution in [1.82, 2.24) is 0 Å². The van der Waals surface area contributed by atoms with Gasteiger partial charge in [0.25, 0.3) is 10.0 Å². The number of fused-ring (bicyclic) bond motifs is 1. The predicted octanol–water partition coefficient (Wildman–Crippen LogP) is 5.36. The largest absolute Gasteiger partial charge is 0.462 e. The molecule has 1 saturated carbocycles. The van der Waals surface area contributed by atoms with E-state index in [1.54, 1.807) is 13.8 Å². The van der Waals surface area contributed by atoms with Crippen molar-refractivity contribution in [3.63, 3.8) is 0 Å². The van der Waals surface area contributed by atoms with Crippen LogP contribution in [0.1, 0.15) is 55.1 Å². The molecule has 0 spiro atoms. The maximum atomic E-state index is 13.7. The quantitative estimate of drug-likeness (QED) is 0.435. The maximum absolute atomic E-state index is 13.7. The fraction of sp³-hybridized carbons (Fsp3) is 0.360. The molecular formula is C25H26FNO6S. The van der Waals surface area contributed by atoms with Gasteiger partial charge < -0.3 is 9.15 Å². The molecule has 2 aromatic carbocycles. The molecule has 0 saturated heterocycles. The molecule has 9 heteroatoms. The van der Waals surface area contributed by atoms with Crippen molar-refractivity contribution in [2.24, 2.45) is 5.92 Å². The van der Waals surface area contributed by atoms with Crippen LogP contribution in [0.15, 0.2) is 51.8 Å². The molecule has 7 nitrogen and oxygen atoms in total. The number of furan rings is 1. The van der Waals surface area contributed by atoms with Gasteiger partial charge in [-0.05, 0) is 69.2 Å². The molecule has 0 N–H and O–H groups in total. The highest BCUT2D eigenvalue weighted by atomic mass is 32.2. The van der Waals surface area contributed by atoms with Crippen LogP contribution in [0.2, 0.25) is 0 Å². The predicted molar refractivity (Wildman–Crippen MR) is 125 cm³/mol. The summed E-state index contributed by atoms with van der Waals surface area (Å²) in [7, 11) is -4.35. The highest BCUT2D eigenvalue weighted by molar-refractivity contribution is 7.93. The van der Waals surface area contributed by atoms with E-state index in [-0.39, 0.29) is 22.8 Å². The van der Waals surface area contributed by atoms with E-state index in [1.165, 1.54) is 18.2 Å². The van der Waals surface area contributed by atoms with Crippen molar-refractivity contribution < 1.29 is 31.6 Å². The third kappa shape index (κ3) is 4.44. The van der Waals surface area contributed by atoms with Gasteiger partial charge in [0.05, 0.1) is 17.2 Å². The van der Waals surface area contributed by atoms with E-state index in [0.717, 1.165) is 47.8 Å². The normalized spacial score (nSPS) is 14.8. The number of esters is 1. The van der Waals surface area contributed by atoms with E-state index in [1.807, 2.05) is 0 Å². The Bertz CT molecular complexity index is 1320. The summed E-state index contributed by atoms with van der Waals surface area (Å²) in [6, 6.07) is 8.81. The first-order chi connectivity index (χ1) is 16.2. The number of sulfonamides is 1. The average molecular weight is 488 g/mol. The second-order valence-corrected chi connectivity index (χ2v) is 10.1. The van der Waals surface area contributed by atoms with E-state index in [9.17, 15) is 22.4 Å². The van der Waals surface area contributed by atoms with Gasteiger partial charge in [0, 0.05) is 11.3 Å². The number of benzene rings is 2. The van der Waals surface area contributed by atoms with E-state index in [0.29, 0.717) is 29.6 Å². The first-order valence-electron chi connectivity index (χ1n) is 11.3. The van der Waals surface area contributed by atoms with Gasteiger partial charge in [-0.1, -0.05) is 19.3 Å². The number of nitrogens with zero attached hydrogens (tertiary/aromatic N) is 1. The molecule has 3 aromatic rings. The minimum Gasteiger partial charge on any atom is -0.462 e. The van der Waals surface area contributed by atoms with Crippen molar-refractivity contribution >= 4 is 38.6 Å². The van der Waals surface area contributed by atoms with Gasteiger partial charge in [0.2, 0.25) is 5.91 Å². The summed E-state index contributed by atoms with van der Waals surface area (Å²) in [6.45, 7) is 3.46. The van der Waals surface area contributed by atoms with Crippen molar-refractivity contribution in [3.05, 3.63) is 59.6 Å². The van der Waals surface area contributed by atoms with Gasteiger partial charge in [-0.3, -0.25) is 4.79 Å². The van der Waals surface area contributed by atoms with Crippen LogP contribution < -0.4 is 4.31 Å². The molecule has 1 fully saturated rings. The lowest BCUT2D eigenvalue weighted by Gasteiger charge is -2.29. The number of carbonyl (C=O) groups is 2. The molecule has 180 valence electrons. The first kappa shape index (κ1) is 23.9. The Morgan fingerprint density at radius 1 is 1.09 bits per heavy atom. The van der Waals surface area contributed by atoms with Crippen LogP contribution in [0, 0.1) is 18.7 Å². The van der Waals surface area contributed by atoms with E-state index < -0.39 is 33.6 Å². The Morgan fingerprint density at radius 2 is 1.76 bits per heavy atom. The number of anilines is 1. The fourth-order valence-electron chi connectivity index (χ4n) is 4.40. The third-order valence-corrected chi connectivity index (χ3v) is 7.81. The Kier molecular flexibility index (Phi) is 6.74. The highest BCUT2D eigenvalue weighted by Gasteiger charge is 2.36. The molecule has 0 unspecified atom stereocenters. The van der Waals surface area contributed by atoms with Gasteiger partial charge in [-0.15, -0.1) is 0 Å². The van der Waals surface area contributed by atoms with Gasteiger partial charge in [0.15, 0.2) is 0 Å². The Hall–Kier alpha value is -3.20. The molecule has 1 aliphatic carbocycles. The van der Waals surface area contributed by atoms with Crippen LogP contribution in [-0.4, -0.2) is 26.9 Å². The summed E-state index contributed by atoms with van der Waals surface area (Å²) in [6.07, 6.45) is 3.87. The zero-order valence-electron chi connectivity index (χ0n) is 19.0. The summed E-state index contributed by atoms with van der Waals surface area (Å²) in [5.74, 6) is -1.84. The number of amides is 1. The van der Waals surface area contributed by atoms with Gasteiger partial charge >= 0.3 is 5.97 Å². The second-order valence-electron chi connectivity index (χ2n) is 8.33. The van der Waals surface area contributed by atoms with Gasteiger partial charge in [-0.2, -0.15) is 0 Å². The van der Waals surface area contributed by atoms with Crippen LogP contribution in [0.4, 0.5) is 10.1 Å². The molecule has 0 aliphatic heterocycles. The monoisotopic (exact) mass is 487 g/mol. The number of hydrogen-bond acceptors (Lipinski definition) is 6. The maximum Gasteiger partial charge on any atom is 0.342 e. The number of halogens is 1. The molecule has 1 aromatic heterocycles. The summed E-state index contributed by atoms with van der Waals surface area (Å²) < 4.78 is 52.4. The summed E-state index contributed by atoms with van der Waals surface area (Å²) in [4.78, 5) is 25.9. The Labute approximate surface area is 197 Å². The molecule has 0 radical (unpaired) electrons. The Morgan fingerprint density at radius 3 is 2.41 bits per heavy atom. The van der Waals surface area contributed by atoms with Gasteiger partial charge in [-0.25, -0.2) is 21.9 Å². The minimum absolute atomic E-state index is 0.0822. The number of aryl methyl sites for hydroxylation is 1. The molecule has 4 rings (SSSR count). The minimum atomic E-state index is -4.35. The number of carbonyl (C=O) groups excluding carboxylic acids is 2. The third-order valence-electron chi connectivity index (χ3n) is 6.07. The van der Waals surface area contributed by atoms with E-state index >= 15 is 0 Å². The van der Waals surface area contributed by atoms with Crippen LogP contribution >= 0.6 is 0 Å². The highest BCUT2D eigenvalue weighted by Crippen LogP contribution is 2.35. The Balaban J connectivity index is 1.87. The van der Waals surface area contributed by atoms with Crippen molar-refractivity contribution in [3.8, 4) is 0 Å². The number of ether oxygens (including phenoxy) is 1. The van der Waals surface area contributed by atoms with Crippen LogP contribution in [-0.2, 0) is 19.6 Å². The topological polar surface area (TPSA) is 93.9 Å². The average Bonchev–Trinajstić information content (AvgIpc) is 3.15. The van der Waals surface area contributed by atoms with E-state index in [4.69, 9.17) is 9.15 Å². The molecule has 1 amide bonds. The molecule has 1 aliphatic rings. The van der Waals surface area contributed by atoms with Crippen LogP contribution in [0.5, 0.6) is 0 Å². The van der Waals surface area contributed by atoms with Gasteiger partial charge in [0.1, 0.15) is 22.7 Å². The number of rotatable bonds is 6. The summed E-state index contributed by atoms with van der Waals surface area (Å²) in [5.41, 5.74) is 0.634. The SMILES string of the molecule is CCOC(=O)c1c(C)oc2ccc(N(C(=O)C3CCCCC3)S(=O)(=O)c3ccc(F)cc3)cc12. The molecule has 1 heterocycles. The number of hydrogen-bond donors (Lipinski definition) is 0. The summed E-state index contributed by atoms with van der Waals surface area (Å²) >= 11 is 0. The smallest absolute Gasteiger partial charge is 0.342 e. The van der Waals surface area contributed by atoms with E-state index in [2.05, 4.69) is 0 Å². The van der Waals surface area contributed by atoms with Crippen molar-refractivity contribution in [2.75, 3.05) is 10.9 Å². The first-order valence-corrected chi connectivity index (χ1v) is 12.7. The zero-order chi connectivity index (χ0) is 24.5. The molecule has 34 heavy (non-hydrogen) atoms. The van der Waals surface area contributed by atoms with Crippen LogP contribution in [0.3, 0.4) is 0 Å². The lowest BCUT2D eigenvalue weighted by atomic mass is 9.88. The van der Waals surface area contributed by atoms with Crippen molar-refractivity contribution in [2.45, 2.75) is 50.8 Å². The second kappa shape index (κ2) is 9.58. The zero-order valence-corrected chi connectivity index (χ0v) is 19.9. The lowest BCUT2D eigenvalue weighted by molar-refractivity contribution is -0.122.